The van der Waals surface area contributed by atoms with E-state index < -0.39 is 5.92 Å². The van der Waals surface area contributed by atoms with Gasteiger partial charge in [-0.25, -0.2) is 0 Å². The zero-order valence-electron chi connectivity index (χ0n) is 9.10. The molecular formula is C13H15NO. The topological polar surface area (TPSA) is 40.9 Å². The smallest absolute Gasteiger partial charge is 0.152 e. The molecule has 0 radical (unpaired) electrons. The third-order valence-corrected chi connectivity index (χ3v) is 2.35. The van der Waals surface area contributed by atoms with Gasteiger partial charge in [0.2, 0.25) is 0 Å². The van der Waals surface area contributed by atoms with Crippen LogP contribution < -0.4 is 0 Å². The monoisotopic (exact) mass is 201 g/mol. The van der Waals surface area contributed by atoms with Crippen molar-refractivity contribution in [3.8, 4) is 6.07 Å². The standard InChI is InChI=1S/C13H15NO/c1-10(2)13(15)12(9-14)8-11-6-4-3-5-7-11/h3-7,10,12H,8H2,1-2H3. The molecule has 1 unspecified atom stereocenters. The van der Waals surface area contributed by atoms with E-state index in [1.807, 2.05) is 44.2 Å². The van der Waals surface area contributed by atoms with Gasteiger partial charge in [-0.05, 0) is 12.0 Å². The van der Waals surface area contributed by atoms with Gasteiger partial charge in [-0.15, -0.1) is 0 Å². The molecule has 0 heterocycles. The van der Waals surface area contributed by atoms with E-state index in [1.54, 1.807) is 0 Å². The molecule has 1 rings (SSSR count). The number of benzene rings is 1. The summed E-state index contributed by atoms with van der Waals surface area (Å²) in [5.41, 5.74) is 1.04. The Morgan fingerprint density at radius 2 is 1.93 bits per heavy atom. The second kappa shape index (κ2) is 5.31. The van der Waals surface area contributed by atoms with Gasteiger partial charge in [0.1, 0.15) is 5.92 Å². The lowest BCUT2D eigenvalue weighted by Gasteiger charge is -2.10. The predicted octanol–water partition coefficient (Wildman–Crippen LogP) is 2.59. The number of hydrogen-bond donors (Lipinski definition) is 0. The Morgan fingerprint density at radius 1 is 1.33 bits per heavy atom. The Bertz CT molecular complexity index is 362. The van der Waals surface area contributed by atoms with E-state index in [4.69, 9.17) is 5.26 Å². The summed E-state index contributed by atoms with van der Waals surface area (Å²) in [5, 5.41) is 8.94. The van der Waals surface area contributed by atoms with E-state index in [1.165, 1.54) is 0 Å². The van der Waals surface area contributed by atoms with Gasteiger partial charge < -0.3 is 0 Å². The third kappa shape index (κ3) is 3.21. The normalized spacial score (nSPS) is 12.1. The van der Waals surface area contributed by atoms with Crippen LogP contribution in [0.25, 0.3) is 0 Å². The number of Topliss-reactive ketones (excluding diaryl/α,β-unsaturated/α-hetero) is 1. The molecule has 0 fully saturated rings. The van der Waals surface area contributed by atoms with E-state index in [0.717, 1.165) is 5.56 Å². The Balaban J connectivity index is 2.72. The van der Waals surface area contributed by atoms with Gasteiger partial charge in [0.15, 0.2) is 5.78 Å². The first kappa shape index (κ1) is 11.5. The molecule has 0 amide bonds. The molecule has 0 saturated heterocycles. The Morgan fingerprint density at radius 3 is 2.40 bits per heavy atom. The number of rotatable bonds is 4. The lowest BCUT2D eigenvalue weighted by molar-refractivity contribution is -0.124. The van der Waals surface area contributed by atoms with Crippen LogP contribution in [0, 0.1) is 23.2 Å². The maximum absolute atomic E-state index is 11.7. The molecular weight excluding hydrogens is 186 g/mol. The van der Waals surface area contributed by atoms with Gasteiger partial charge in [-0.3, -0.25) is 4.79 Å². The van der Waals surface area contributed by atoms with Crippen molar-refractivity contribution in [1.82, 2.24) is 0 Å². The minimum absolute atomic E-state index is 0.0290. The van der Waals surface area contributed by atoms with Crippen molar-refractivity contribution < 1.29 is 4.79 Å². The zero-order chi connectivity index (χ0) is 11.3. The average Bonchev–Trinajstić information content (AvgIpc) is 2.26. The van der Waals surface area contributed by atoms with Gasteiger partial charge in [-0.2, -0.15) is 5.26 Å². The molecule has 0 bridgehead atoms. The number of carbonyl (C=O) groups excluding carboxylic acids is 1. The summed E-state index contributed by atoms with van der Waals surface area (Å²) in [6.07, 6.45) is 0.522. The average molecular weight is 201 g/mol. The molecule has 15 heavy (non-hydrogen) atoms. The molecule has 0 aliphatic rings. The third-order valence-electron chi connectivity index (χ3n) is 2.35. The van der Waals surface area contributed by atoms with Gasteiger partial charge in [-0.1, -0.05) is 44.2 Å². The summed E-state index contributed by atoms with van der Waals surface area (Å²) >= 11 is 0. The molecule has 2 heteroatoms. The van der Waals surface area contributed by atoms with Crippen LogP contribution in [0.5, 0.6) is 0 Å². The van der Waals surface area contributed by atoms with E-state index in [0.29, 0.717) is 6.42 Å². The van der Waals surface area contributed by atoms with Crippen LogP contribution >= 0.6 is 0 Å². The van der Waals surface area contributed by atoms with Crippen molar-refractivity contribution >= 4 is 5.78 Å². The second-order valence-electron chi connectivity index (χ2n) is 3.93. The molecule has 0 saturated carbocycles. The second-order valence-corrected chi connectivity index (χ2v) is 3.93. The zero-order valence-corrected chi connectivity index (χ0v) is 9.10. The lowest BCUT2D eigenvalue weighted by atomic mass is 9.91. The molecule has 1 atom stereocenters. The maximum atomic E-state index is 11.7. The Hall–Kier alpha value is -1.62. The first-order valence-electron chi connectivity index (χ1n) is 5.12. The van der Waals surface area contributed by atoms with Crippen molar-refractivity contribution in [2.24, 2.45) is 11.8 Å². The Kier molecular flexibility index (Phi) is 4.05. The minimum atomic E-state index is -0.507. The first-order chi connectivity index (χ1) is 7.15. The first-order valence-corrected chi connectivity index (χ1v) is 5.12. The van der Waals surface area contributed by atoms with E-state index >= 15 is 0 Å². The molecule has 1 aromatic carbocycles. The van der Waals surface area contributed by atoms with Crippen LogP contribution in [0.4, 0.5) is 0 Å². The summed E-state index contributed by atoms with van der Waals surface area (Å²) < 4.78 is 0. The SMILES string of the molecule is CC(C)C(=O)C(C#N)Cc1ccccc1. The van der Waals surface area contributed by atoms with Crippen molar-refractivity contribution in [3.05, 3.63) is 35.9 Å². The highest BCUT2D eigenvalue weighted by Crippen LogP contribution is 2.13. The molecule has 0 spiro atoms. The number of ketones is 1. The summed E-state index contributed by atoms with van der Waals surface area (Å²) in [7, 11) is 0. The number of hydrogen-bond acceptors (Lipinski definition) is 2. The summed E-state index contributed by atoms with van der Waals surface area (Å²) in [4.78, 5) is 11.7. The van der Waals surface area contributed by atoms with Crippen molar-refractivity contribution in [3.63, 3.8) is 0 Å². The van der Waals surface area contributed by atoms with Gasteiger partial charge in [0, 0.05) is 5.92 Å². The molecule has 1 aromatic rings. The lowest BCUT2D eigenvalue weighted by Crippen LogP contribution is -2.20. The minimum Gasteiger partial charge on any atom is -0.298 e. The van der Waals surface area contributed by atoms with Gasteiger partial charge in [0.05, 0.1) is 6.07 Å². The van der Waals surface area contributed by atoms with Gasteiger partial charge >= 0.3 is 0 Å². The molecule has 0 aliphatic carbocycles. The van der Waals surface area contributed by atoms with E-state index in [2.05, 4.69) is 6.07 Å². The highest BCUT2D eigenvalue weighted by atomic mass is 16.1. The quantitative estimate of drug-likeness (QED) is 0.751. The summed E-state index contributed by atoms with van der Waals surface area (Å²) in [5.74, 6) is -0.549. The van der Waals surface area contributed by atoms with Crippen LogP contribution in [0.15, 0.2) is 30.3 Å². The summed E-state index contributed by atoms with van der Waals surface area (Å²) in [6.45, 7) is 3.66. The van der Waals surface area contributed by atoms with Crippen LogP contribution in [-0.2, 0) is 11.2 Å². The van der Waals surface area contributed by atoms with Crippen molar-refractivity contribution in [1.29, 1.82) is 5.26 Å². The fraction of sp³-hybridized carbons (Fsp3) is 0.385. The predicted molar refractivity (Wildman–Crippen MR) is 59.1 cm³/mol. The van der Waals surface area contributed by atoms with E-state index in [-0.39, 0.29) is 11.7 Å². The van der Waals surface area contributed by atoms with Crippen LogP contribution in [0.2, 0.25) is 0 Å². The fourth-order valence-corrected chi connectivity index (χ4v) is 1.46. The van der Waals surface area contributed by atoms with E-state index in [9.17, 15) is 4.79 Å². The van der Waals surface area contributed by atoms with Gasteiger partial charge in [0.25, 0.3) is 0 Å². The fourth-order valence-electron chi connectivity index (χ4n) is 1.46. The highest BCUT2D eigenvalue weighted by molar-refractivity contribution is 5.85. The molecule has 0 aliphatic heterocycles. The number of nitrogens with zero attached hydrogens (tertiary/aromatic N) is 1. The molecule has 0 aromatic heterocycles. The Labute approximate surface area is 90.5 Å². The molecule has 2 nitrogen and oxygen atoms in total. The number of carbonyl (C=O) groups is 1. The number of nitriles is 1. The molecule has 78 valence electrons. The highest BCUT2D eigenvalue weighted by Gasteiger charge is 2.20. The largest absolute Gasteiger partial charge is 0.298 e. The van der Waals surface area contributed by atoms with Crippen LogP contribution in [0.1, 0.15) is 19.4 Å². The van der Waals surface area contributed by atoms with Crippen molar-refractivity contribution in [2.75, 3.05) is 0 Å². The maximum Gasteiger partial charge on any atom is 0.152 e. The summed E-state index contributed by atoms with van der Waals surface area (Å²) in [6, 6.07) is 11.7. The van der Waals surface area contributed by atoms with Crippen LogP contribution in [-0.4, -0.2) is 5.78 Å². The molecule has 0 N–H and O–H groups in total. The van der Waals surface area contributed by atoms with Crippen molar-refractivity contribution in [2.45, 2.75) is 20.3 Å². The van der Waals surface area contributed by atoms with Crippen LogP contribution in [0.3, 0.4) is 0 Å².